The zero-order valence-corrected chi connectivity index (χ0v) is 10.1. The second kappa shape index (κ2) is 3.87. The van der Waals surface area contributed by atoms with E-state index in [2.05, 4.69) is 48.8 Å². The lowest BCUT2D eigenvalue weighted by molar-refractivity contribution is 0.525. The summed E-state index contributed by atoms with van der Waals surface area (Å²) in [5.74, 6) is 2.53. The van der Waals surface area contributed by atoms with E-state index < -0.39 is 0 Å². The third-order valence-electron chi connectivity index (χ3n) is 2.88. The molecule has 2 atom stereocenters. The van der Waals surface area contributed by atoms with Crippen molar-refractivity contribution in [1.82, 2.24) is 9.55 Å². The van der Waals surface area contributed by atoms with Crippen molar-refractivity contribution in [2.45, 2.75) is 46.7 Å². The quantitative estimate of drug-likeness (QED) is 0.822. The predicted molar refractivity (Wildman–Crippen MR) is 63.0 cm³/mol. The molecule has 0 aromatic carbocycles. The monoisotopic (exact) mass is 207 g/mol. The van der Waals surface area contributed by atoms with Crippen LogP contribution in [0.1, 0.15) is 32.9 Å². The SMILES string of the molecule is Cc1cn(CC(C)C)c(NC2CC2C)n1. The van der Waals surface area contributed by atoms with Gasteiger partial charge in [-0.15, -0.1) is 0 Å². The van der Waals surface area contributed by atoms with E-state index in [0.717, 1.165) is 24.1 Å². The Balaban J connectivity index is 2.07. The molecule has 0 bridgehead atoms. The van der Waals surface area contributed by atoms with Gasteiger partial charge in [-0.3, -0.25) is 0 Å². The van der Waals surface area contributed by atoms with Crippen LogP contribution in [0, 0.1) is 18.8 Å². The van der Waals surface area contributed by atoms with Crippen LogP contribution >= 0.6 is 0 Å². The average molecular weight is 207 g/mol. The highest BCUT2D eigenvalue weighted by Gasteiger charge is 2.33. The Morgan fingerprint density at radius 3 is 2.80 bits per heavy atom. The van der Waals surface area contributed by atoms with Crippen molar-refractivity contribution < 1.29 is 0 Å². The summed E-state index contributed by atoms with van der Waals surface area (Å²) in [5, 5.41) is 3.51. The highest BCUT2D eigenvalue weighted by Crippen LogP contribution is 2.32. The summed E-state index contributed by atoms with van der Waals surface area (Å²) < 4.78 is 2.24. The van der Waals surface area contributed by atoms with Crippen LogP contribution in [-0.2, 0) is 6.54 Å². The molecule has 0 aliphatic heterocycles. The molecule has 1 N–H and O–H groups in total. The molecule has 1 aliphatic carbocycles. The number of hydrogen-bond donors (Lipinski definition) is 1. The number of hydrogen-bond acceptors (Lipinski definition) is 2. The highest BCUT2D eigenvalue weighted by molar-refractivity contribution is 5.32. The number of imidazole rings is 1. The molecule has 84 valence electrons. The molecule has 2 unspecified atom stereocenters. The summed E-state index contributed by atoms with van der Waals surface area (Å²) in [7, 11) is 0. The Hall–Kier alpha value is -0.990. The van der Waals surface area contributed by atoms with Crippen molar-refractivity contribution in [3.8, 4) is 0 Å². The van der Waals surface area contributed by atoms with E-state index in [-0.39, 0.29) is 0 Å². The molecular weight excluding hydrogens is 186 g/mol. The molecule has 0 spiro atoms. The number of nitrogens with one attached hydrogen (secondary N) is 1. The summed E-state index contributed by atoms with van der Waals surface area (Å²) >= 11 is 0. The van der Waals surface area contributed by atoms with Gasteiger partial charge in [0.25, 0.3) is 0 Å². The number of aryl methyl sites for hydroxylation is 1. The van der Waals surface area contributed by atoms with Crippen LogP contribution in [0.15, 0.2) is 6.20 Å². The first kappa shape index (κ1) is 10.5. The van der Waals surface area contributed by atoms with Gasteiger partial charge in [0.15, 0.2) is 0 Å². The fourth-order valence-corrected chi connectivity index (χ4v) is 1.88. The minimum absolute atomic E-state index is 0.651. The average Bonchev–Trinajstić information content (AvgIpc) is 2.67. The van der Waals surface area contributed by atoms with Crippen molar-refractivity contribution in [2.24, 2.45) is 11.8 Å². The zero-order valence-electron chi connectivity index (χ0n) is 10.1. The largest absolute Gasteiger partial charge is 0.353 e. The van der Waals surface area contributed by atoms with E-state index >= 15 is 0 Å². The molecule has 3 nitrogen and oxygen atoms in total. The molecule has 3 heteroatoms. The normalized spacial score (nSPS) is 24.6. The van der Waals surface area contributed by atoms with Crippen LogP contribution in [0.2, 0.25) is 0 Å². The lowest BCUT2D eigenvalue weighted by Gasteiger charge is -2.11. The van der Waals surface area contributed by atoms with E-state index in [4.69, 9.17) is 0 Å². The summed E-state index contributed by atoms with van der Waals surface area (Å²) in [6, 6.07) is 0.651. The summed E-state index contributed by atoms with van der Waals surface area (Å²) in [5.41, 5.74) is 1.10. The zero-order chi connectivity index (χ0) is 11.0. The van der Waals surface area contributed by atoms with Gasteiger partial charge in [0.2, 0.25) is 5.95 Å². The highest BCUT2D eigenvalue weighted by atomic mass is 15.2. The molecule has 15 heavy (non-hydrogen) atoms. The summed E-state index contributed by atoms with van der Waals surface area (Å²) in [4.78, 5) is 4.53. The molecule has 2 rings (SSSR count). The molecule has 0 saturated heterocycles. The van der Waals surface area contributed by atoms with E-state index in [1.54, 1.807) is 0 Å². The number of nitrogens with zero attached hydrogens (tertiary/aromatic N) is 2. The number of aromatic nitrogens is 2. The molecule has 1 aliphatic rings. The van der Waals surface area contributed by atoms with E-state index in [1.165, 1.54) is 6.42 Å². The van der Waals surface area contributed by atoms with Gasteiger partial charge in [-0.2, -0.15) is 0 Å². The first-order chi connectivity index (χ1) is 7.06. The van der Waals surface area contributed by atoms with Crippen molar-refractivity contribution in [2.75, 3.05) is 5.32 Å². The Kier molecular flexibility index (Phi) is 2.72. The van der Waals surface area contributed by atoms with Crippen molar-refractivity contribution >= 4 is 5.95 Å². The number of anilines is 1. The molecule has 1 saturated carbocycles. The molecule has 0 radical (unpaired) electrons. The fraction of sp³-hybridized carbons (Fsp3) is 0.750. The minimum Gasteiger partial charge on any atom is -0.353 e. The van der Waals surface area contributed by atoms with E-state index in [1.807, 2.05) is 0 Å². The van der Waals surface area contributed by atoms with Gasteiger partial charge in [0.05, 0.1) is 5.69 Å². The molecular formula is C12H21N3. The van der Waals surface area contributed by atoms with Crippen LogP contribution in [0.25, 0.3) is 0 Å². The number of rotatable bonds is 4. The third-order valence-corrected chi connectivity index (χ3v) is 2.88. The Morgan fingerprint density at radius 2 is 2.27 bits per heavy atom. The van der Waals surface area contributed by atoms with Crippen molar-refractivity contribution in [3.05, 3.63) is 11.9 Å². The second-order valence-corrected chi connectivity index (χ2v) is 5.22. The molecule has 1 aromatic heterocycles. The van der Waals surface area contributed by atoms with E-state index in [9.17, 15) is 0 Å². The molecule has 1 fully saturated rings. The molecule has 1 heterocycles. The Morgan fingerprint density at radius 1 is 1.60 bits per heavy atom. The van der Waals surface area contributed by atoms with E-state index in [0.29, 0.717) is 12.0 Å². The second-order valence-electron chi connectivity index (χ2n) is 5.22. The maximum Gasteiger partial charge on any atom is 0.203 e. The van der Waals surface area contributed by atoms with Gasteiger partial charge < -0.3 is 9.88 Å². The molecule has 0 amide bonds. The predicted octanol–water partition coefficient (Wildman–Crippen LogP) is 2.67. The van der Waals surface area contributed by atoms with Crippen LogP contribution in [0.4, 0.5) is 5.95 Å². The standard InChI is InChI=1S/C12H21N3/c1-8(2)6-15-7-10(4)13-12(15)14-11-5-9(11)3/h7-9,11H,5-6H2,1-4H3,(H,13,14). The van der Waals surface area contributed by atoms with Gasteiger partial charge in [-0.05, 0) is 25.2 Å². The van der Waals surface area contributed by atoms with Crippen molar-refractivity contribution in [1.29, 1.82) is 0 Å². The van der Waals surface area contributed by atoms with Crippen LogP contribution in [0.3, 0.4) is 0 Å². The van der Waals surface area contributed by atoms with Gasteiger partial charge >= 0.3 is 0 Å². The fourth-order valence-electron chi connectivity index (χ4n) is 1.88. The first-order valence-corrected chi connectivity index (χ1v) is 5.86. The lowest BCUT2D eigenvalue weighted by Crippen LogP contribution is -2.12. The maximum absolute atomic E-state index is 4.53. The van der Waals surface area contributed by atoms with Gasteiger partial charge in [0, 0.05) is 18.8 Å². The summed E-state index contributed by atoms with van der Waals surface area (Å²) in [6.07, 6.45) is 3.42. The van der Waals surface area contributed by atoms with Crippen LogP contribution in [0.5, 0.6) is 0 Å². The Labute approximate surface area is 91.9 Å². The first-order valence-electron chi connectivity index (χ1n) is 5.86. The summed E-state index contributed by atoms with van der Waals surface area (Å²) in [6.45, 7) is 9.85. The van der Waals surface area contributed by atoms with Crippen LogP contribution < -0.4 is 5.32 Å². The van der Waals surface area contributed by atoms with Crippen LogP contribution in [-0.4, -0.2) is 15.6 Å². The molecule has 1 aromatic rings. The van der Waals surface area contributed by atoms with Gasteiger partial charge in [0.1, 0.15) is 0 Å². The third kappa shape index (κ3) is 2.52. The smallest absolute Gasteiger partial charge is 0.203 e. The lowest BCUT2D eigenvalue weighted by atomic mass is 10.2. The Bertz CT molecular complexity index is 341. The van der Waals surface area contributed by atoms with Crippen molar-refractivity contribution in [3.63, 3.8) is 0 Å². The minimum atomic E-state index is 0.651. The van der Waals surface area contributed by atoms with Gasteiger partial charge in [-0.1, -0.05) is 20.8 Å². The van der Waals surface area contributed by atoms with Gasteiger partial charge in [-0.25, -0.2) is 4.98 Å². The maximum atomic E-state index is 4.53. The topological polar surface area (TPSA) is 29.9 Å².